The van der Waals surface area contributed by atoms with Gasteiger partial charge >= 0.3 is 0 Å². The Morgan fingerprint density at radius 2 is 2.19 bits per heavy atom. The number of aliphatic imine (C=N–C) groups is 1. The van der Waals surface area contributed by atoms with E-state index < -0.39 is 0 Å². The molecule has 0 bridgehead atoms. The topological polar surface area (TPSA) is 61.8 Å². The van der Waals surface area contributed by atoms with Crippen LogP contribution in [0.25, 0.3) is 0 Å². The second-order valence-electron chi connectivity index (χ2n) is 6.52. The molecule has 0 saturated heterocycles. The van der Waals surface area contributed by atoms with Gasteiger partial charge in [0.15, 0.2) is 5.96 Å². The molecule has 0 aliphatic heterocycles. The highest BCUT2D eigenvalue weighted by Crippen LogP contribution is 2.28. The Morgan fingerprint density at radius 3 is 2.88 bits per heavy atom. The van der Waals surface area contributed by atoms with Crippen LogP contribution in [0.1, 0.15) is 32.6 Å². The number of anilines is 1. The third kappa shape index (κ3) is 10.2. The summed E-state index contributed by atoms with van der Waals surface area (Å²) in [6, 6.07) is 5.91. The van der Waals surface area contributed by atoms with E-state index in [1.54, 1.807) is 6.20 Å². The molecule has 0 atom stereocenters. The summed E-state index contributed by atoms with van der Waals surface area (Å²) in [6.45, 7) is 7.31. The zero-order valence-corrected chi connectivity index (χ0v) is 18.4. The number of ether oxygens (including phenoxy) is 1. The molecule has 0 unspecified atom stereocenters. The van der Waals surface area contributed by atoms with Gasteiger partial charge in [0.05, 0.1) is 6.61 Å². The van der Waals surface area contributed by atoms with Gasteiger partial charge in [-0.1, -0.05) is 6.07 Å². The molecule has 2 rings (SSSR count). The molecule has 7 heteroatoms. The summed E-state index contributed by atoms with van der Waals surface area (Å²) in [6.07, 6.45) is 6.62. The van der Waals surface area contributed by atoms with Crippen LogP contribution in [0.4, 0.5) is 5.82 Å². The Labute approximate surface area is 175 Å². The van der Waals surface area contributed by atoms with E-state index in [4.69, 9.17) is 9.73 Å². The maximum atomic E-state index is 5.72. The highest BCUT2D eigenvalue weighted by atomic mass is 127. The minimum absolute atomic E-state index is 0. The summed E-state index contributed by atoms with van der Waals surface area (Å²) in [5, 5.41) is 6.68. The van der Waals surface area contributed by atoms with Crippen molar-refractivity contribution in [1.29, 1.82) is 0 Å². The van der Waals surface area contributed by atoms with Crippen molar-refractivity contribution >= 4 is 35.8 Å². The Balaban J connectivity index is 0.00000338. The molecule has 0 amide bonds. The minimum Gasteiger partial charge on any atom is -0.379 e. The lowest BCUT2D eigenvalue weighted by Gasteiger charge is -2.22. The summed E-state index contributed by atoms with van der Waals surface area (Å²) < 4.78 is 5.72. The maximum Gasteiger partial charge on any atom is 0.193 e. The highest BCUT2D eigenvalue weighted by molar-refractivity contribution is 14.0. The standard InChI is InChI=1S/C19H33N5O.HI/c1-3-20-19(24(2)14-15-25-16-17-9-10-17)23-13-7-6-12-22-18-8-4-5-11-21-18;/h4-5,8,11,17H,3,6-7,9-10,12-16H2,1-2H3,(H,20,23)(H,21,22);1H. The summed E-state index contributed by atoms with van der Waals surface area (Å²) in [5.74, 6) is 2.73. The molecule has 0 spiro atoms. The monoisotopic (exact) mass is 475 g/mol. The van der Waals surface area contributed by atoms with Crippen LogP contribution >= 0.6 is 24.0 Å². The van der Waals surface area contributed by atoms with Gasteiger partial charge in [-0.25, -0.2) is 4.98 Å². The quantitative estimate of drug-likeness (QED) is 0.211. The molecular formula is C19H34IN5O. The predicted octanol–water partition coefficient (Wildman–Crippen LogP) is 3.22. The number of hydrogen-bond donors (Lipinski definition) is 2. The summed E-state index contributed by atoms with van der Waals surface area (Å²) in [5.41, 5.74) is 0. The second-order valence-corrected chi connectivity index (χ2v) is 6.52. The van der Waals surface area contributed by atoms with E-state index in [-0.39, 0.29) is 24.0 Å². The zero-order valence-electron chi connectivity index (χ0n) is 16.1. The molecule has 1 heterocycles. The van der Waals surface area contributed by atoms with Crippen molar-refractivity contribution in [3.63, 3.8) is 0 Å². The first-order chi connectivity index (χ1) is 12.3. The van der Waals surface area contributed by atoms with Gasteiger partial charge < -0.3 is 20.3 Å². The Hall–Kier alpha value is -1.09. The lowest BCUT2D eigenvalue weighted by Crippen LogP contribution is -2.40. The Morgan fingerprint density at radius 1 is 1.35 bits per heavy atom. The third-order valence-electron chi connectivity index (χ3n) is 4.14. The average Bonchev–Trinajstić information content (AvgIpc) is 3.46. The van der Waals surface area contributed by atoms with Crippen molar-refractivity contribution < 1.29 is 4.74 Å². The van der Waals surface area contributed by atoms with Crippen LogP contribution in [0.3, 0.4) is 0 Å². The number of aromatic nitrogens is 1. The van der Waals surface area contributed by atoms with Gasteiger partial charge in [-0.05, 0) is 50.7 Å². The van der Waals surface area contributed by atoms with Gasteiger partial charge in [0.1, 0.15) is 5.82 Å². The van der Waals surface area contributed by atoms with E-state index in [1.807, 2.05) is 18.2 Å². The highest BCUT2D eigenvalue weighted by Gasteiger charge is 2.21. The Bertz CT molecular complexity index is 496. The number of likely N-dealkylation sites (N-methyl/N-ethyl adjacent to an activating group) is 1. The van der Waals surface area contributed by atoms with Crippen LogP contribution in [-0.2, 0) is 4.74 Å². The third-order valence-corrected chi connectivity index (χ3v) is 4.14. The van der Waals surface area contributed by atoms with Crippen LogP contribution in [0, 0.1) is 5.92 Å². The lowest BCUT2D eigenvalue weighted by molar-refractivity contribution is 0.115. The van der Waals surface area contributed by atoms with Crippen LogP contribution < -0.4 is 10.6 Å². The maximum absolute atomic E-state index is 5.72. The molecule has 1 saturated carbocycles. The first-order valence-corrected chi connectivity index (χ1v) is 9.51. The second kappa shape index (κ2) is 14.0. The molecule has 0 radical (unpaired) electrons. The van der Waals surface area contributed by atoms with E-state index in [0.717, 1.165) is 69.9 Å². The number of pyridine rings is 1. The fourth-order valence-corrected chi connectivity index (χ4v) is 2.42. The molecule has 0 aromatic carbocycles. The van der Waals surface area contributed by atoms with E-state index in [0.29, 0.717) is 0 Å². The largest absolute Gasteiger partial charge is 0.379 e. The molecular weight excluding hydrogens is 441 g/mol. The normalized spacial score (nSPS) is 13.8. The van der Waals surface area contributed by atoms with Crippen LogP contribution in [0.2, 0.25) is 0 Å². The van der Waals surface area contributed by atoms with Crippen molar-refractivity contribution in [1.82, 2.24) is 15.2 Å². The van der Waals surface area contributed by atoms with Crippen molar-refractivity contribution in [2.45, 2.75) is 32.6 Å². The van der Waals surface area contributed by atoms with Crippen molar-refractivity contribution in [3.8, 4) is 0 Å². The molecule has 1 aliphatic rings. The summed E-state index contributed by atoms with van der Waals surface area (Å²) >= 11 is 0. The SMILES string of the molecule is CCNC(=NCCCCNc1ccccn1)N(C)CCOCC1CC1.I. The van der Waals surface area contributed by atoms with E-state index in [9.17, 15) is 0 Å². The fraction of sp³-hybridized carbons (Fsp3) is 0.684. The first-order valence-electron chi connectivity index (χ1n) is 9.51. The molecule has 1 aliphatic carbocycles. The van der Waals surface area contributed by atoms with Gasteiger partial charge in [0, 0.05) is 46.0 Å². The molecule has 1 fully saturated rings. The lowest BCUT2D eigenvalue weighted by atomic mass is 10.3. The van der Waals surface area contributed by atoms with Gasteiger partial charge in [-0.15, -0.1) is 24.0 Å². The van der Waals surface area contributed by atoms with Gasteiger partial charge in [-0.2, -0.15) is 0 Å². The Kier molecular flexibility index (Phi) is 12.4. The molecule has 26 heavy (non-hydrogen) atoms. The minimum atomic E-state index is 0. The number of halogens is 1. The number of guanidine groups is 1. The van der Waals surface area contributed by atoms with Crippen LogP contribution in [0.15, 0.2) is 29.4 Å². The van der Waals surface area contributed by atoms with Crippen LogP contribution in [-0.4, -0.2) is 62.3 Å². The molecule has 1 aromatic heterocycles. The van der Waals surface area contributed by atoms with Crippen molar-refractivity contribution in [3.05, 3.63) is 24.4 Å². The summed E-state index contributed by atoms with van der Waals surface area (Å²) in [4.78, 5) is 11.1. The van der Waals surface area contributed by atoms with E-state index >= 15 is 0 Å². The van der Waals surface area contributed by atoms with Crippen LogP contribution in [0.5, 0.6) is 0 Å². The van der Waals surface area contributed by atoms with Gasteiger partial charge in [0.2, 0.25) is 0 Å². The van der Waals surface area contributed by atoms with Gasteiger partial charge in [0.25, 0.3) is 0 Å². The number of rotatable bonds is 12. The van der Waals surface area contributed by atoms with Crippen molar-refractivity contribution in [2.24, 2.45) is 10.9 Å². The number of hydrogen-bond acceptors (Lipinski definition) is 4. The predicted molar refractivity (Wildman–Crippen MR) is 120 cm³/mol. The number of unbranched alkanes of at least 4 members (excludes halogenated alkanes) is 1. The smallest absolute Gasteiger partial charge is 0.193 e. The zero-order chi connectivity index (χ0) is 17.7. The number of nitrogens with zero attached hydrogens (tertiary/aromatic N) is 3. The number of nitrogens with one attached hydrogen (secondary N) is 2. The first kappa shape index (κ1) is 23.0. The molecule has 2 N–H and O–H groups in total. The molecule has 148 valence electrons. The fourth-order valence-electron chi connectivity index (χ4n) is 2.42. The van der Waals surface area contributed by atoms with E-state index in [1.165, 1.54) is 12.8 Å². The van der Waals surface area contributed by atoms with Crippen molar-refractivity contribution in [2.75, 3.05) is 51.8 Å². The molecule has 6 nitrogen and oxygen atoms in total. The molecule has 1 aromatic rings. The summed E-state index contributed by atoms with van der Waals surface area (Å²) in [7, 11) is 2.07. The van der Waals surface area contributed by atoms with Gasteiger partial charge in [-0.3, -0.25) is 4.99 Å². The van der Waals surface area contributed by atoms with E-state index in [2.05, 4.69) is 34.5 Å². The average molecular weight is 475 g/mol.